The second-order valence-electron chi connectivity index (χ2n) is 16.7. The molecule has 1 atom stereocenters. The number of hydrogen-bond donors (Lipinski definition) is 0. The van der Waals surface area contributed by atoms with Crippen LogP contribution in [0.1, 0.15) is 265 Å². The summed E-state index contributed by atoms with van der Waals surface area (Å²) in [5, 5.41) is 0. The molecule has 0 aliphatic heterocycles. The van der Waals surface area contributed by atoms with Gasteiger partial charge in [-0.05, 0) is 70.6 Å². The number of unbranched alkanes of at least 4 members (excludes halogenated alkanes) is 31. The fraction of sp³-hybridized carbons (Fsp3) is 0.882. The Morgan fingerprint density at radius 2 is 0.696 bits per heavy atom. The Bertz CT molecular complexity index is 851. The van der Waals surface area contributed by atoms with Crippen LogP contribution in [-0.2, 0) is 23.8 Å². The molecule has 0 aromatic rings. The maximum Gasteiger partial charge on any atom is 0.306 e. The first-order valence-corrected chi connectivity index (χ1v) is 24.9. The van der Waals surface area contributed by atoms with Gasteiger partial charge < -0.3 is 14.2 Å². The Morgan fingerprint density at radius 1 is 0.375 bits per heavy atom. The quantitative estimate of drug-likeness (QED) is 0.0349. The summed E-state index contributed by atoms with van der Waals surface area (Å²) in [7, 11) is 0. The normalized spacial score (nSPS) is 12.3. The number of ether oxygens (including phenoxy) is 3. The summed E-state index contributed by atoms with van der Waals surface area (Å²) in [4.78, 5) is 25.3. The van der Waals surface area contributed by atoms with Crippen LogP contribution in [0.2, 0.25) is 0 Å². The summed E-state index contributed by atoms with van der Waals surface area (Å²) >= 11 is 0. The maximum absolute atomic E-state index is 12.7. The number of allylic oxidation sites excluding steroid dienone is 4. The highest BCUT2D eigenvalue weighted by Crippen LogP contribution is 2.15. The minimum atomic E-state index is -0.534. The van der Waals surface area contributed by atoms with Crippen molar-refractivity contribution in [3.05, 3.63) is 24.3 Å². The monoisotopic (exact) mass is 789 g/mol. The Balaban J connectivity index is 4.23. The van der Waals surface area contributed by atoms with E-state index in [2.05, 4.69) is 45.1 Å². The third-order valence-corrected chi connectivity index (χ3v) is 11.0. The van der Waals surface area contributed by atoms with E-state index in [1.165, 1.54) is 180 Å². The van der Waals surface area contributed by atoms with E-state index in [1.807, 2.05) is 0 Å². The van der Waals surface area contributed by atoms with Gasteiger partial charge in [-0.25, -0.2) is 0 Å². The number of esters is 2. The largest absolute Gasteiger partial charge is 0.462 e. The Labute approximate surface area is 349 Å². The molecular formula is C51H96O5. The lowest BCUT2D eigenvalue weighted by Gasteiger charge is -2.18. The molecule has 0 aliphatic rings. The van der Waals surface area contributed by atoms with Crippen LogP contribution in [0.5, 0.6) is 0 Å². The molecule has 0 N–H and O–H groups in total. The van der Waals surface area contributed by atoms with Gasteiger partial charge in [0.1, 0.15) is 6.61 Å². The second kappa shape index (κ2) is 47.8. The number of carbonyl (C=O) groups excluding carboxylic acids is 2. The fourth-order valence-corrected chi connectivity index (χ4v) is 7.21. The lowest BCUT2D eigenvalue weighted by molar-refractivity contribution is -0.163. The van der Waals surface area contributed by atoms with Crippen molar-refractivity contribution in [3.63, 3.8) is 0 Å². The Hall–Kier alpha value is -1.62. The molecule has 0 saturated carbocycles. The summed E-state index contributed by atoms with van der Waals surface area (Å²) in [5.41, 5.74) is 0. The van der Waals surface area contributed by atoms with Crippen molar-refractivity contribution in [2.45, 2.75) is 271 Å². The number of hydrogen-bond acceptors (Lipinski definition) is 5. The van der Waals surface area contributed by atoms with E-state index in [0.29, 0.717) is 19.4 Å². The minimum Gasteiger partial charge on any atom is -0.462 e. The number of rotatable bonds is 46. The van der Waals surface area contributed by atoms with Crippen molar-refractivity contribution in [1.29, 1.82) is 0 Å². The van der Waals surface area contributed by atoms with Crippen molar-refractivity contribution in [2.75, 3.05) is 19.8 Å². The molecule has 0 aromatic carbocycles. The zero-order valence-corrected chi connectivity index (χ0v) is 37.9. The average molecular weight is 789 g/mol. The highest BCUT2D eigenvalue weighted by Gasteiger charge is 2.17. The van der Waals surface area contributed by atoms with Gasteiger partial charge in [-0.2, -0.15) is 0 Å². The predicted octanol–water partition coefficient (Wildman–Crippen LogP) is 16.5. The van der Waals surface area contributed by atoms with Crippen molar-refractivity contribution in [2.24, 2.45) is 0 Å². The van der Waals surface area contributed by atoms with Gasteiger partial charge in [0.2, 0.25) is 0 Å². The van der Waals surface area contributed by atoms with Gasteiger partial charge in [0, 0.05) is 19.4 Å². The Morgan fingerprint density at radius 3 is 1.11 bits per heavy atom. The van der Waals surface area contributed by atoms with Gasteiger partial charge in [0.25, 0.3) is 0 Å². The summed E-state index contributed by atoms with van der Waals surface area (Å²) in [6.45, 7) is 7.82. The van der Waals surface area contributed by atoms with E-state index >= 15 is 0 Å². The zero-order valence-electron chi connectivity index (χ0n) is 37.9. The minimum absolute atomic E-state index is 0.0844. The first-order chi connectivity index (χ1) is 27.6. The van der Waals surface area contributed by atoms with Crippen LogP contribution in [-0.4, -0.2) is 37.9 Å². The molecule has 5 nitrogen and oxygen atoms in total. The SMILES string of the molecule is CCCCCC/C=C\CCCCCCCCOCC(COC(=O)CCCCCCC/C=C\CCCCCCCC)OC(=O)CCCCCCCCCCCCC. The highest BCUT2D eigenvalue weighted by atomic mass is 16.6. The second-order valence-corrected chi connectivity index (χ2v) is 16.7. The molecule has 0 fully saturated rings. The van der Waals surface area contributed by atoms with Gasteiger partial charge >= 0.3 is 11.9 Å². The van der Waals surface area contributed by atoms with E-state index in [1.54, 1.807) is 0 Å². The summed E-state index contributed by atoms with van der Waals surface area (Å²) in [6.07, 6.45) is 54.6. The van der Waals surface area contributed by atoms with E-state index in [-0.39, 0.29) is 25.2 Å². The summed E-state index contributed by atoms with van der Waals surface area (Å²) in [5.74, 6) is -0.398. The Kier molecular flexibility index (Phi) is 46.4. The van der Waals surface area contributed by atoms with Crippen molar-refractivity contribution >= 4 is 11.9 Å². The van der Waals surface area contributed by atoms with Gasteiger partial charge in [-0.15, -0.1) is 0 Å². The van der Waals surface area contributed by atoms with E-state index in [0.717, 1.165) is 51.4 Å². The molecular weight excluding hydrogens is 693 g/mol. The first-order valence-electron chi connectivity index (χ1n) is 24.9. The standard InChI is InChI=1S/C51H96O5/c1-4-7-10-13-16-19-22-24-26-27-30-32-35-38-41-44-50(52)55-48-49(56-51(53)45-42-39-36-33-29-21-18-15-12-9-6-3)47-54-46-43-40-37-34-31-28-25-23-20-17-14-11-8-5-2/h20,23-24,26,49H,4-19,21-22,25,27-48H2,1-3H3/b23-20-,26-24-. The third kappa shape index (κ3) is 45.1. The summed E-state index contributed by atoms with van der Waals surface area (Å²) < 4.78 is 17.4. The number of carbonyl (C=O) groups is 2. The van der Waals surface area contributed by atoms with Crippen LogP contribution in [0, 0.1) is 0 Å². The smallest absolute Gasteiger partial charge is 0.306 e. The van der Waals surface area contributed by atoms with Crippen LogP contribution in [0.4, 0.5) is 0 Å². The van der Waals surface area contributed by atoms with Gasteiger partial charge in [-0.1, -0.05) is 206 Å². The third-order valence-electron chi connectivity index (χ3n) is 11.0. The molecule has 0 aromatic heterocycles. The van der Waals surface area contributed by atoms with Crippen molar-refractivity contribution in [1.82, 2.24) is 0 Å². The topological polar surface area (TPSA) is 61.8 Å². The van der Waals surface area contributed by atoms with Crippen molar-refractivity contribution in [3.8, 4) is 0 Å². The van der Waals surface area contributed by atoms with E-state index in [9.17, 15) is 9.59 Å². The van der Waals surface area contributed by atoms with Crippen LogP contribution < -0.4 is 0 Å². The molecule has 0 saturated heterocycles. The van der Waals surface area contributed by atoms with E-state index < -0.39 is 6.10 Å². The first kappa shape index (κ1) is 54.4. The van der Waals surface area contributed by atoms with Gasteiger partial charge in [0.05, 0.1) is 6.61 Å². The fourth-order valence-electron chi connectivity index (χ4n) is 7.21. The molecule has 0 spiro atoms. The predicted molar refractivity (Wildman–Crippen MR) is 242 cm³/mol. The average Bonchev–Trinajstić information content (AvgIpc) is 3.20. The van der Waals surface area contributed by atoms with Crippen LogP contribution in [0.25, 0.3) is 0 Å². The lowest BCUT2D eigenvalue weighted by Crippen LogP contribution is -2.30. The molecule has 0 heterocycles. The van der Waals surface area contributed by atoms with Gasteiger partial charge in [0.15, 0.2) is 6.10 Å². The molecule has 330 valence electrons. The molecule has 0 rings (SSSR count). The maximum atomic E-state index is 12.7. The molecule has 56 heavy (non-hydrogen) atoms. The van der Waals surface area contributed by atoms with E-state index in [4.69, 9.17) is 14.2 Å². The molecule has 0 radical (unpaired) electrons. The molecule has 1 unspecified atom stereocenters. The van der Waals surface area contributed by atoms with Gasteiger partial charge in [-0.3, -0.25) is 9.59 Å². The van der Waals surface area contributed by atoms with Crippen LogP contribution in [0.3, 0.4) is 0 Å². The highest BCUT2D eigenvalue weighted by molar-refractivity contribution is 5.70. The lowest BCUT2D eigenvalue weighted by atomic mass is 10.1. The van der Waals surface area contributed by atoms with Crippen LogP contribution >= 0.6 is 0 Å². The van der Waals surface area contributed by atoms with Crippen LogP contribution in [0.15, 0.2) is 24.3 Å². The molecule has 0 bridgehead atoms. The van der Waals surface area contributed by atoms with Crippen molar-refractivity contribution < 1.29 is 23.8 Å². The summed E-state index contributed by atoms with van der Waals surface area (Å²) in [6, 6.07) is 0. The zero-order chi connectivity index (χ0) is 40.7. The molecule has 5 heteroatoms. The molecule has 0 amide bonds. The molecule has 0 aliphatic carbocycles.